The van der Waals surface area contributed by atoms with E-state index in [0.29, 0.717) is 25.3 Å². The second kappa shape index (κ2) is 11.7. The lowest BCUT2D eigenvalue weighted by atomic mass is 10.1. The van der Waals surface area contributed by atoms with Crippen LogP contribution in [0.4, 0.5) is 0 Å². The van der Waals surface area contributed by atoms with Crippen LogP contribution in [-0.2, 0) is 17.9 Å². The predicted molar refractivity (Wildman–Crippen MR) is 116 cm³/mol. The van der Waals surface area contributed by atoms with Gasteiger partial charge in [0.05, 0.1) is 38.1 Å². The Labute approximate surface area is 179 Å². The molecule has 1 unspecified atom stereocenters. The van der Waals surface area contributed by atoms with Crippen LogP contribution in [-0.4, -0.2) is 67.5 Å². The zero-order valence-corrected chi connectivity index (χ0v) is 17.7. The highest BCUT2D eigenvalue weighted by molar-refractivity contribution is 5.31. The van der Waals surface area contributed by atoms with Crippen LogP contribution in [0.25, 0.3) is 0 Å². The van der Waals surface area contributed by atoms with Crippen LogP contribution in [0.15, 0.2) is 48.5 Å². The van der Waals surface area contributed by atoms with Gasteiger partial charge in [0.1, 0.15) is 5.75 Å². The van der Waals surface area contributed by atoms with Gasteiger partial charge in [-0.2, -0.15) is 5.26 Å². The lowest BCUT2D eigenvalue weighted by Crippen LogP contribution is -2.37. The number of ether oxygens (including phenoxy) is 2. The second-order valence-corrected chi connectivity index (χ2v) is 7.76. The van der Waals surface area contributed by atoms with Gasteiger partial charge in [0.25, 0.3) is 0 Å². The summed E-state index contributed by atoms with van der Waals surface area (Å²) in [6.45, 7) is 6.24. The molecule has 6 heteroatoms. The molecule has 0 amide bonds. The van der Waals surface area contributed by atoms with Crippen molar-refractivity contribution >= 4 is 0 Å². The van der Waals surface area contributed by atoms with Crippen molar-refractivity contribution in [3.05, 3.63) is 65.2 Å². The zero-order valence-electron chi connectivity index (χ0n) is 17.7. The lowest BCUT2D eigenvalue weighted by Gasteiger charge is -2.24. The van der Waals surface area contributed by atoms with E-state index >= 15 is 0 Å². The number of rotatable bonds is 9. The minimum Gasteiger partial charge on any atom is -0.497 e. The fraction of sp³-hybridized carbons (Fsp3) is 0.458. The molecule has 0 saturated carbocycles. The number of methoxy groups -OCH3 is 1. The molecule has 1 N–H and O–H groups in total. The molecule has 1 atom stereocenters. The van der Waals surface area contributed by atoms with E-state index in [-0.39, 0.29) is 0 Å². The van der Waals surface area contributed by atoms with Crippen molar-refractivity contribution in [2.24, 2.45) is 0 Å². The van der Waals surface area contributed by atoms with E-state index in [2.05, 4.69) is 15.9 Å². The number of benzene rings is 2. The van der Waals surface area contributed by atoms with E-state index in [9.17, 15) is 5.11 Å². The highest BCUT2D eigenvalue weighted by Gasteiger charge is 2.18. The molecule has 30 heavy (non-hydrogen) atoms. The van der Waals surface area contributed by atoms with E-state index in [4.69, 9.17) is 14.7 Å². The third kappa shape index (κ3) is 7.12. The van der Waals surface area contributed by atoms with Crippen LogP contribution in [0, 0.1) is 11.3 Å². The smallest absolute Gasteiger partial charge is 0.119 e. The van der Waals surface area contributed by atoms with Crippen LogP contribution < -0.4 is 4.74 Å². The van der Waals surface area contributed by atoms with E-state index in [1.54, 1.807) is 7.11 Å². The molecule has 0 bridgehead atoms. The van der Waals surface area contributed by atoms with Gasteiger partial charge >= 0.3 is 0 Å². The molecule has 1 aliphatic rings. The first-order valence-electron chi connectivity index (χ1n) is 10.5. The molecular weight excluding hydrogens is 378 g/mol. The van der Waals surface area contributed by atoms with E-state index in [0.717, 1.165) is 50.5 Å². The van der Waals surface area contributed by atoms with Gasteiger partial charge in [0, 0.05) is 26.2 Å². The first kappa shape index (κ1) is 22.3. The van der Waals surface area contributed by atoms with Crippen LogP contribution in [0.5, 0.6) is 5.75 Å². The molecule has 6 nitrogen and oxygen atoms in total. The minimum atomic E-state index is -0.499. The quantitative estimate of drug-likeness (QED) is 0.687. The Morgan fingerprint density at radius 2 is 1.80 bits per heavy atom. The van der Waals surface area contributed by atoms with Gasteiger partial charge < -0.3 is 14.6 Å². The van der Waals surface area contributed by atoms with Crippen molar-refractivity contribution in [1.29, 1.82) is 5.26 Å². The Morgan fingerprint density at radius 1 is 1.03 bits per heavy atom. The molecule has 0 spiro atoms. The standard InChI is InChI=1S/C24H31N3O3/c1-29-24-5-2-4-22(14-24)18-30-19-23(28)17-27-11-3-10-26(12-13-27)16-21-8-6-20(15-25)7-9-21/h2,4-9,14,23,28H,3,10-13,16-19H2,1H3. The summed E-state index contributed by atoms with van der Waals surface area (Å²) in [5, 5.41) is 19.3. The maximum atomic E-state index is 10.4. The van der Waals surface area contributed by atoms with Gasteiger partial charge in [-0.25, -0.2) is 0 Å². The first-order chi connectivity index (χ1) is 14.7. The number of aliphatic hydroxyl groups excluding tert-OH is 1. The van der Waals surface area contributed by atoms with E-state index in [1.807, 2.05) is 48.5 Å². The molecule has 2 aromatic rings. The molecule has 1 fully saturated rings. The maximum Gasteiger partial charge on any atom is 0.119 e. The van der Waals surface area contributed by atoms with E-state index < -0.39 is 6.10 Å². The summed E-state index contributed by atoms with van der Waals surface area (Å²) in [7, 11) is 1.65. The van der Waals surface area contributed by atoms with Crippen LogP contribution >= 0.6 is 0 Å². The Bertz CT molecular complexity index is 819. The third-order valence-electron chi connectivity index (χ3n) is 5.35. The summed E-state index contributed by atoms with van der Waals surface area (Å²) < 4.78 is 10.9. The van der Waals surface area contributed by atoms with Crippen LogP contribution in [0.3, 0.4) is 0 Å². The molecule has 1 saturated heterocycles. The molecule has 0 radical (unpaired) electrons. The molecule has 0 aliphatic carbocycles. The zero-order chi connectivity index (χ0) is 21.2. The summed E-state index contributed by atoms with van der Waals surface area (Å²) in [6.07, 6.45) is 0.578. The Morgan fingerprint density at radius 3 is 2.57 bits per heavy atom. The third-order valence-corrected chi connectivity index (χ3v) is 5.35. The highest BCUT2D eigenvalue weighted by atomic mass is 16.5. The monoisotopic (exact) mass is 409 g/mol. The summed E-state index contributed by atoms with van der Waals surface area (Å²) in [5.41, 5.74) is 2.96. The van der Waals surface area contributed by atoms with Crippen LogP contribution in [0.2, 0.25) is 0 Å². The first-order valence-corrected chi connectivity index (χ1v) is 10.5. The Hall–Kier alpha value is -2.43. The van der Waals surface area contributed by atoms with Gasteiger partial charge in [-0.1, -0.05) is 24.3 Å². The maximum absolute atomic E-state index is 10.4. The molecule has 3 rings (SSSR count). The number of nitriles is 1. The molecule has 1 heterocycles. The molecule has 160 valence electrons. The van der Waals surface area contributed by atoms with Gasteiger partial charge in [-0.15, -0.1) is 0 Å². The van der Waals surface area contributed by atoms with Crippen LogP contribution in [0.1, 0.15) is 23.1 Å². The summed E-state index contributed by atoms with van der Waals surface area (Å²) in [5.74, 6) is 0.812. The minimum absolute atomic E-state index is 0.322. The number of β-amino-alcohol motifs (C(OH)–C–C–N with tert-alkyl or cyclic N) is 1. The van der Waals surface area contributed by atoms with Crippen molar-refractivity contribution in [3.8, 4) is 11.8 Å². The summed E-state index contributed by atoms with van der Waals surface area (Å²) >= 11 is 0. The average Bonchev–Trinajstić information content (AvgIpc) is 2.99. The summed E-state index contributed by atoms with van der Waals surface area (Å²) in [4.78, 5) is 4.76. The SMILES string of the molecule is COc1cccc(COCC(O)CN2CCCN(Cc3ccc(C#N)cc3)CC2)c1. The molecule has 0 aromatic heterocycles. The Balaban J connectivity index is 1.37. The average molecular weight is 410 g/mol. The van der Waals surface area contributed by atoms with Gasteiger partial charge in [-0.3, -0.25) is 9.80 Å². The largest absolute Gasteiger partial charge is 0.497 e. The van der Waals surface area contributed by atoms with Crippen molar-refractivity contribution in [3.63, 3.8) is 0 Å². The lowest BCUT2D eigenvalue weighted by molar-refractivity contribution is 0.0104. The molecule has 2 aromatic carbocycles. The van der Waals surface area contributed by atoms with Gasteiger partial charge in [-0.05, 0) is 54.9 Å². The number of nitrogens with zero attached hydrogens (tertiary/aromatic N) is 3. The fourth-order valence-corrected chi connectivity index (χ4v) is 3.73. The predicted octanol–water partition coefficient (Wildman–Crippen LogP) is 2.65. The van der Waals surface area contributed by atoms with Crippen molar-refractivity contribution < 1.29 is 14.6 Å². The normalized spacial score (nSPS) is 16.6. The Kier molecular flexibility index (Phi) is 8.66. The van der Waals surface area contributed by atoms with Gasteiger partial charge in [0.15, 0.2) is 0 Å². The number of hydrogen-bond acceptors (Lipinski definition) is 6. The fourth-order valence-electron chi connectivity index (χ4n) is 3.73. The van der Waals surface area contributed by atoms with Gasteiger partial charge in [0.2, 0.25) is 0 Å². The van der Waals surface area contributed by atoms with Crippen molar-refractivity contribution in [2.75, 3.05) is 46.4 Å². The highest BCUT2D eigenvalue weighted by Crippen LogP contribution is 2.14. The number of aliphatic hydroxyl groups is 1. The second-order valence-electron chi connectivity index (χ2n) is 7.76. The topological polar surface area (TPSA) is 69.0 Å². The summed E-state index contributed by atoms with van der Waals surface area (Å²) in [6, 6.07) is 17.8. The molecular formula is C24H31N3O3. The van der Waals surface area contributed by atoms with Crippen molar-refractivity contribution in [1.82, 2.24) is 9.80 Å². The molecule has 1 aliphatic heterocycles. The van der Waals surface area contributed by atoms with Crippen molar-refractivity contribution in [2.45, 2.75) is 25.7 Å². The van der Waals surface area contributed by atoms with E-state index in [1.165, 1.54) is 5.56 Å². The number of hydrogen-bond donors (Lipinski definition) is 1.